The highest BCUT2D eigenvalue weighted by atomic mass is 32.1. The molecule has 0 unspecified atom stereocenters. The van der Waals surface area contributed by atoms with Crippen LogP contribution in [0.5, 0.6) is 0 Å². The first kappa shape index (κ1) is 15.1. The first-order valence-corrected chi connectivity index (χ1v) is 8.94. The highest BCUT2D eigenvalue weighted by molar-refractivity contribution is 7.10. The Morgan fingerprint density at radius 2 is 1.83 bits per heavy atom. The van der Waals surface area contributed by atoms with Gasteiger partial charge in [0, 0.05) is 23.7 Å². The second-order valence-electron chi connectivity index (χ2n) is 5.90. The van der Waals surface area contributed by atoms with Crippen molar-refractivity contribution in [1.29, 1.82) is 0 Å². The van der Waals surface area contributed by atoms with Crippen molar-refractivity contribution in [1.82, 2.24) is 14.9 Å². The number of aryl methyl sites for hydroxylation is 1. The lowest BCUT2D eigenvalue weighted by atomic mass is 10.2. The van der Waals surface area contributed by atoms with Gasteiger partial charge in [-0.3, -0.25) is 4.57 Å². The van der Waals surface area contributed by atoms with E-state index in [-0.39, 0.29) is 0 Å². The third-order valence-corrected chi connectivity index (χ3v) is 5.27. The predicted octanol–water partition coefficient (Wildman–Crippen LogP) is 4.69. The molecule has 3 nitrogen and oxygen atoms in total. The maximum atomic E-state index is 4.46. The van der Waals surface area contributed by atoms with Crippen LogP contribution in [-0.2, 0) is 13.1 Å². The fraction of sp³-hybridized carbons (Fsp3) is 0.150. The lowest BCUT2D eigenvalue weighted by molar-refractivity contribution is 0.698. The fourth-order valence-electron chi connectivity index (χ4n) is 2.84. The number of thiophene rings is 1. The van der Waals surface area contributed by atoms with Crippen LogP contribution in [0.25, 0.3) is 16.7 Å². The summed E-state index contributed by atoms with van der Waals surface area (Å²) in [4.78, 5) is 5.87. The van der Waals surface area contributed by atoms with E-state index in [4.69, 9.17) is 0 Å². The largest absolute Gasteiger partial charge is 0.308 e. The van der Waals surface area contributed by atoms with Gasteiger partial charge in [0.1, 0.15) is 6.33 Å². The van der Waals surface area contributed by atoms with E-state index in [2.05, 4.69) is 63.6 Å². The number of nitrogens with one attached hydrogen (secondary N) is 1. The van der Waals surface area contributed by atoms with Crippen LogP contribution in [-0.4, -0.2) is 9.55 Å². The molecule has 0 spiro atoms. The van der Waals surface area contributed by atoms with Crippen LogP contribution in [0.2, 0.25) is 0 Å². The Balaban J connectivity index is 1.46. The van der Waals surface area contributed by atoms with Gasteiger partial charge in [0.15, 0.2) is 0 Å². The summed E-state index contributed by atoms with van der Waals surface area (Å²) < 4.78 is 2.13. The summed E-state index contributed by atoms with van der Waals surface area (Å²) in [6.07, 6.45) is 1.89. The monoisotopic (exact) mass is 333 g/mol. The summed E-state index contributed by atoms with van der Waals surface area (Å²) >= 11 is 1.81. The number of hydrogen-bond donors (Lipinski definition) is 1. The summed E-state index contributed by atoms with van der Waals surface area (Å²) in [6.45, 7) is 3.97. The van der Waals surface area contributed by atoms with Gasteiger partial charge in [-0.1, -0.05) is 24.3 Å². The SMILES string of the molecule is Cc1ccsc1CNCc1ccc(-n2cnc3ccccc32)cc1. The first-order chi connectivity index (χ1) is 11.8. The van der Waals surface area contributed by atoms with Gasteiger partial charge in [-0.05, 0) is 53.8 Å². The van der Waals surface area contributed by atoms with E-state index in [0.717, 1.165) is 29.8 Å². The molecule has 0 radical (unpaired) electrons. The first-order valence-electron chi connectivity index (χ1n) is 8.06. The summed E-state index contributed by atoms with van der Waals surface area (Å²) in [5, 5.41) is 5.67. The lowest BCUT2D eigenvalue weighted by Crippen LogP contribution is -2.12. The highest BCUT2D eigenvalue weighted by Crippen LogP contribution is 2.18. The van der Waals surface area contributed by atoms with Gasteiger partial charge < -0.3 is 5.32 Å². The van der Waals surface area contributed by atoms with Crippen LogP contribution in [0, 0.1) is 6.92 Å². The second-order valence-corrected chi connectivity index (χ2v) is 6.90. The van der Waals surface area contributed by atoms with Crippen LogP contribution in [0.1, 0.15) is 16.0 Å². The summed E-state index contributed by atoms with van der Waals surface area (Å²) in [5.41, 5.74) is 5.96. The molecule has 1 N–H and O–H groups in total. The van der Waals surface area contributed by atoms with Crippen molar-refractivity contribution in [2.75, 3.05) is 0 Å². The molecule has 4 rings (SSSR count). The molecule has 0 aliphatic rings. The number of aromatic nitrogens is 2. The minimum atomic E-state index is 0.877. The van der Waals surface area contributed by atoms with E-state index >= 15 is 0 Å². The van der Waals surface area contributed by atoms with Crippen molar-refractivity contribution in [3.63, 3.8) is 0 Å². The molecule has 24 heavy (non-hydrogen) atoms. The molecule has 0 aliphatic heterocycles. The lowest BCUT2D eigenvalue weighted by Gasteiger charge is -2.07. The van der Waals surface area contributed by atoms with Crippen molar-refractivity contribution in [2.24, 2.45) is 0 Å². The van der Waals surface area contributed by atoms with Crippen LogP contribution in [0.3, 0.4) is 0 Å². The molecular weight excluding hydrogens is 314 g/mol. The molecule has 2 aromatic heterocycles. The molecule has 0 bridgehead atoms. The maximum Gasteiger partial charge on any atom is 0.100 e. The van der Waals surface area contributed by atoms with Crippen molar-refractivity contribution in [3.05, 3.63) is 82.3 Å². The second kappa shape index (κ2) is 6.59. The average Bonchev–Trinajstić information content (AvgIpc) is 3.22. The molecule has 0 atom stereocenters. The normalized spacial score (nSPS) is 11.2. The molecule has 0 fully saturated rings. The Labute approximate surface area is 145 Å². The minimum Gasteiger partial charge on any atom is -0.308 e. The van der Waals surface area contributed by atoms with Gasteiger partial charge in [0.2, 0.25) is 0 Å². The van der Waals surface area contributed by atoms with Crippen LogP contribution in [0.4, 0.5) is 0 Å². The third kappa shape index (κ3) is 2.98. The van der Waals surface area contributed by atoms with Gasteiger partial charge in [-0.2, -0.15) is 0 Å². The molecule has 4 heteroatoms. The molecule has 0 saturated carbocycles. The van der Waals surface area contributed by atoms with Gasteiger partial charge >= 0.3 is 0 Å². The number of fused-ring (bicyclic) bond motifs is 1. The molecule has 0 amide bonds. The van der Waals surface area contributed by atoms with E-state index in [1.807, 2.05) is 35.9 Å². The number of imidazole rings is 1. The van der Waals surface area contributed by atoms with E-state index < -0.39 is 0 Å². The Kier molecular flexibility index (Phi) is 4.15. The number of para-hydroxylation sites is 2. The van der Waals surface area contributed by atoms with Crippen LogP contribution >= 0.6 is 11.3 Å². The zero-order chi connectivity index (χ0) is 16.4. The zero-order valence-electron chi connectivity index (χ0n) is 13.6. The van der Waals surface area contributed by atoms with Crippen LogP contribution < -0.4 is 5.32 Å². The predicted molar refractivity (Wildman–Crippen MR) is 101 cm³/mol. The Hall–Kier alpha value is -2.43. The van der Waals surface area contributed by atoms with E-state index in [1.54, 1.807) is 0 Å². The summed E-state index contributed by atoms with van der Waals surface area (Å²) in [5.74, 6) is 0. The Morgan fingerprint density at radius 1 is 1.00 bits per heavy atom. The van der Waals surface area contributed by atoms with Crippen molar-refractivity contribution in [2.45, 2.75) is 20.0 Å². The summed E-state index contributed by atoms with van der Waals surface area (Å²) in [6, 6.07) is 19.0. The average molecular weight is 333 g/mol. The highest BCUT2D eigenvalue weighted by Gasteiger charge is 2.04. The van der Waals surface area contributed by atoms with E-state index in [0.29, 0.717) is 0 Å². The molecule has 0 aliphatic carbocycles. The smallest absolute Gasteiger partial charge is 0.100 e. The standard InChI is InChI=1S/C20H19N3S/c1-15-10-11-24-20(15)13-21-12-16-6-8-17(9-7-16)23-14-22-18-4-2-3-5-19(18)23/h2-11,14,21H,12-13H2,1H3. The van der Waals surface area contributed by atoms with Gasteiger partial charge in [0.25, 0.3) is 0 Å². The van der Waals surface area contributed by atoms with E-state index in [9.17, 15) is 0 Å². The van der Waals surface area contributed by atoms with E-state index in [1.165, 1.54) is 16.0 Å². The number of hydrogen-bond acceptors (Lipinski definition) is 3. The molecule has 4 aromatic rings. The molecular formula is C20H19N3S. The molecule has 2 aromatic carbocycles. The number of rotatable bonds is 5. The Morgan fingerprint density at radius 3 is 2.62 bits per heavy atom. The minimum absolute atomic E-state index is 0.877. The Bertz CT molecular complexity index is 950. The number of benzene rings is 2. The summed E-state index contributed by atoms with van der Waals surface area (Å²) in [7, 11) is 0. The van der Waals surface area contributed by atoms with Gasteiger partial charge in [0.05, 0.1) is 11.0 Å². The van der Waals surface area contributed by atoms with Gasteiger partial charge in [-0.15, -0.1) is 11.3 Å². The molecule has 2 heterocycles. The number of nitrogens with zero attached hydrogens (tertiary/aromatic N) is 2. The fourth-order valence-corrected chi connectivity index (χ4v) is 3.72. The van der Waals surface area contributed by atoms with Crippen molar-refractivity contribution in [3.8, 4) is 5.69 Å². The topological polar surface area (TPSA) is 29.9 Å². The van der Waals surface area contributed by atoms with Crippen LogP contribution in [0.15, 0.2) is 66.3 Å². The quantitative estimate of drug-likeness (QED) is 0.574. The maximum absolute atomic E-state index is 4.46. The third-order valence-electron chi connectivity index (χ3n) is 4.25. The van der Waals surface area contributed by atoms with Crippen molar-refractivity contribution >= 4 is 22.4 Å². The zero-order valence-corrected chi connectivity index (χ0v) is 14.4. The van der Waals surface area contributed by atoms with Crippen molar-refractivity contribution < 1.29 is 0 Å². The molecule has 0 saturated heterocycles. The molecule has 120 valence electrons. The van der Waals surface area contributed by atoms with Gasteiger partial charge in [-0.25, -0.2) is 4.98 Å².